The molecule has 0 bridgehead atoms. The number of anilines is 1. The summed E-state index contributed by atoms with van der Waals surface area (Å²) in [5.74, 6) is -1.03. The average Bonchev–Trinajstić information content (AvgIpc) is 2.35. The summed E-state index contributed by atoms with van der Waals surface area (Å²) < 4.78 is 33.1. The van der Waals surface area contributed by atoms with Crippen LogP contribution in [-0.2, 0) is 25.1 Å². The van der Waals surface area contributed by atoms with Crippen LogP contribution in [0, 0.1) is 0 Å². The zero-order valence-corrected chi connectivity index (χ0v) is 11.7. The van der Waals surface area contributed by atoms with E-state index in [1.165, 1.54) is 20.3 Å². The van der Waals surface area contributed by atoms with Crippen LogP contribution >= 0.6 is 0 Å². The minimum Gasteiger partial charge on any atom is -0.465 e. The Labute approximate surface area is 112 Å². The van der Waals surface area contributed by atoms with Gasteiger partial charge in [-0.05, 0) is 11.6 Å². The molecule has 0 atom stereocenters. The maximum absolute atomic E-state index is 11.9. The van der Waals surface area contributed by atoms with Crippen molar-refractivity contribution in [3.05, 3.63) is 29.3 Å². The van der Waals surface area contributed by atoms with E-state index < -0.39 is 15.8 Å². The number of methoxy groups -OCH3 is 2. The van der Waals surface area contributed by atoms with Gasteiger partial charge < -0.3 is 15.2 Å². The smallest absolute Gasteiger partial charge is 0.340 e. The summed E-state index contributed by atoms with van der Waals surface area (Å²) in [6.07, 6.45) is 0. The molecule has 2 N–H and O–H groups in total. The molecule has 0 heterocycles. The third-order valence-electron chi connectivity index (χ3n) is 2.55. The SMILES string of the molecule is COCCS(=O)(=O)Cc1cccc(N)c1C(=O)OC. The van der Waals surface area contributed by atoms with Crippen LogP contribution in [0.4, 0.5) is 5.69 Å². The Balaban J connectivity index is 3.08. The van der Waals surface area contributed by atoms with Gasteiger partial charge in [0.05, 0.1) is 30.8 Å². The van der Waals surface area contributed by atoms with E-state index in [2.05, 4.69) is 4.74 Å². The van der Waals surface area contributed by atoms with Gasteiger partial charge in [0.1, 0.15) is 0 Å². The van der Waals surface area contributed by atoms with E-state index in [4.69, 9.17) is 10.5 Å². The second-order valence-electron chi connectivity index (χ2n) is 3.96. The molecule has 6 nitrogen and oxygen atoms in total. The van der Waals surface area contributed by atoms with Crippen LogP contribution in [0.2, 0.25) is 0 Å². The van der Waals surface area contributed by atoms with E-state index in [0.29, 0.717) is 5.56 Å². The Morgan fingerprint density at radius 1 is 1.32 bits per heavy atom. The number of rotatable bonds is 6. The second-order valence-corrected chi connectivity index (χ2v) is 6.14. The minimum absolute atomic E-state index is 0.103. The highest BCUT2D eigenvalue weighted by atomic mass is 32.2. The number of sulfone groups is 1. The Morgan fingerprint density at radius 3 is 2.58 bits per heavy atom. The fourth-order valence-electron chi connectivity index (χ4n) is 1.61. The molecule has 0 aliphatic carbocycles. The van der Waals surface area contributed by atoms with Crippen molar-refractivity contribution >= 4 is 21.5 Å². The molecule has 1 aromatic rings. The number of ether oxygens (including phenoxy) is 2. The lowest BCUT2D eigenvalue weighted by atomic mass is 10.1. The molecule has 0 amide bonds. The average molecular weight is 287 g/mol. The predicted molar refractivity (Wildman–Crippen MR) is 71.6 cm³/mol. The van der Waals surface area contributed by atoms with Crippen molar-refractivity contribution in [2.75, 3.05) is 32.3 Å². The molecular formula is C12H17NO5S. The van der Waals surface area contributed by atoms with Gasteiger partial charge in [0, 0.05) is 12.8 Å². The molecule has 0 unspecified atom stereocenters. The van der Waals surface area contributed by atoms with E-state index in [9.17, 15) is 13.2 Å². The second kappa shape index (κ2) is 6.53. The molecule has 0 aliphatic heterocycles. The van der Waals surface area contributed by atoms with Crippen LogP contribution < -0.4 is 5.73 Å². The lowest BCUT2D eigenvalue weighted by Gasteiger charge is -2.10. The van der Waals surface area contributed by atoms with Crippen LogP contribution in [-0.4, -0.2) is 41.0 Å². The summed E-state index contributed by atoms with van der Waals surface area (Å²) in [5.41, 5.74) is 6.34. The lowest BCUT2D eigenvalue weighted by molar-refractivity contribution is 0.0601. The number of nitrogen functional groups attached to an aromatic ring is 1. The number of carbonyl (C=O) groups is 1. The number of benzene rings is 1. The minimum atomic E-state index is -3.37. The Hall–Kier alpha value is -1.60. The molecule has 106 valence electrons. The highest BCUT2D eigenvalue weighted by molar-refractivity contribution is 7.90. The third kappa shape index (κ3) is 4.22. The van der Waals surface area contributed by atoms with Gasteiger partial charge in [-0.2, -0.15) is 0 Å². The van der Waals surface area contributed by atoms with E-state index in [-0.39, 0.29) is 29.4 Å². The van der Waals surface area contributed by atoms with E-state index in [1.807, 2.05) is 0 Å². The van der Waals surface area contributed by atoms with Gasteiger partial charge in [-0.15, -0.1) is 0 Å². The first kappa shape index (κ1) is 15.5. The van der Waals surface area contributed by atoms with Crippen molar-refractivity contribution in [1.82, 2.24) is 0 Å². The molecule has 0 spiro atoms. The number of nitrogens with two attached hydrogens (primary N) is 1. The van der Waals surface area contributed by atoms with Gasteiger partial charge in [-0.25, -0.2) is 13.2 Å². The van der Waals surface area contributed by atoms with Crippen molar-refractivity contribution in [2.45, 2.75) is 5.75 Å². The van der Waals surface area contributed by atoms with Gasteiger partial charge in [-0.1, -0.05) is 12.1 Å². The molecule has 0 aliphatic rings. The molecule has 0 radical (unpaired) electrons. The highest BCUT2D eigenvalue weighted by Gasteiger charge is 2.20. The highest BCUT2D eigenvalue weighted by Crippen LogP contribution is 2.20. The Kier molecular flexibility index (Phi) is 5.31. The zero-order chi connectivity index (χ0) is 14.5. The van der Waals surface area contributed by atoms with Gasteiger partial charge in [-0.3, -0.25) is 0 Å². The summed E-state index contributed by atoms with van der Waals surface area (Å²) in [6.45, 7) is 0.109. The van der Waals surface area contributed by atoms with Crippen LogP contribution in [0.25, 0.3) is 0 Å². The molecule has 19 heavy (non-hydrogen) atoms. The first-order valence-corrected chi connectivity index (χ1v) is 7.38. The van der Waals surface area contributed by atoms with E-state index in [0.717, 1.165) is 0 Å². The molecule has 1 rings (SSSR count). The van der Waals surface area contributed by atoms with Crippen molar-refractivity contribution in [2.24, 2.45) is 0 Å². The molecule has 0 aromatic heterocycles. The molecule has 0 fully saturated rings. The van der Waals surface area contributed by atoms with Crippen LogP contribution in [0.3, 0.4) is 0 Å². The first-order chi connectivity index (χ1) is 8.91. The summed E-state index contributed by atoms with van der Waals surface area (Å²) in [6, 6.07) is 4.67. The molecular weight excluding hydrogens is 270 g/mol. The van der Waals surface area contributed by atoms with Crippen LogP contribution in [0.15, 0.2) is 18.2 Å². The number of hydrogen-bond donors (Lipinski definition) is 1. The molecule has 0 saturated carbocycles. The van der Waals surface area contributed by atoms with Gasteiger partial charge in [0.2, 0.25) is 0 Å². The standard InChI is InChI=1S/C12H17NO5S/c1-17-6-7-19(15,16)8-9-4-3-5-10(13)11(9)12(14)18-2/h3-5H,6-8,13H2,1-2H3. The largest absolute Gasteiger partial charge is 0.465 e. The maximum atomic E-state index is 11.9. The third-order valence-corrected chi connectivity index (χ3v) is 4.09. The number of hydrogen-bond acceptors (Lipinski definition) is 6. The fraction of sp³-hybridized carbons (Fsp3) is 0.417. The topological polar surface area (TPSA) is 95.7 Å². The van der Waals surface area contributed by atoms with Crippen molar-refractivity contribution in [3.63, 3.8) is 0 Å². The van der Waals surface area contributed by atoms with Gasteiger partial charge in [0.15, 0.2) is 9.84 Å². The van der Waals surface area contributed by atoms with Crippen molar-refractivity contribution < 1.29 is 22.7 Å². The quantitative estimate of drug-likeness (QED) is 0.608. The summed E-state index contributed by atoms with van der Waals surface area (Å²) in [7, 11) is -0.719. The van der Waals surface area contributed by atoms with Crippen molar-refractivity contribution in [3.8, 4) is 0 Å². The molecule has 1 aromatic carbocycles. The van der Waals surface area contributed by atoms with Crippen molar-refractivity contribution in [1.29, 1.82) is 0 Å². The molecule has 0 saturated heterocycles. The van der Waals surface area contributed by atoms with Crippen LogP contribution in [0.1, 0.15) is 15.9 Å². The zero-order valence-electron chi connectivity index (χ0n) is 10.9. The normalized spacial score (nSPS) is 11.3. The molecule has 7 heteroatoms. The number of carbonyl (C=O) groups excluding carboxylic acids is 1. The Morgan fingerprint density at radius 2 is 2.00 bits per heavy atom. The lowest BCUT2D eigenvalue weighted by Crippen LogP contribution is -2.17. The summed E-state index contributed by atoms with van der Waals surface area (Å²) in [5, 5.41) is 0. The maximum Gasteiger partial charge on any atom is 0.340 e. The first-order valence-electron chi connectivity index (χ1n) is 5.56. The Bertz CT molecular complexity index is 553. The predicted octanol–water partition coefficient (Wildman–Crippen LogP) is 0.617. The van der Waals surface area contributed by atoms with Gasteiger partial charge in [0.25, 0.3) is 0 Å². The van der Waals surface area contributed by atoms with Crippen LogP contribution in [0.5, 0.6) is 0 Å². The van der Waals surface area contributed by atoms with Gasteiger partial charge >= 0.3 is 5.97 Å². The summed E-state index contributed by atoms with van der Waals surface area (Å²) >= 11 is 0. The van der Waals surface area contributed by atoms with E-state index >= 15 is 0 Å². The number of esters is 1. The monoisotopic (exact) mass is 287 g/mol. The summed E-state index contributed by atoms with van der Waals surface area (Å²) in [4.78, 5) is 11.6. The fourth-order valence-corrected chi connectivity index (χ4v) is 2.89. The van der Waals surface area contributed by atoms with E-state index in [1.54, 1.807) is 12.1 Å².